The van der Waals surface area contributed by atoms with Crippen LogP contribution in [0.4, 0.5) is 0 Å². The van der Waals surface area contributed by atoms with Crippen LogP contribution in [0.15, 0.2) is 24.3 Å². The van der Waals surface area contributed by atoms with Crippen molar-refractivity contribution in [1.82, 2.24) is 10.2 Å². The molecule has 2 bridgehead atoms. The van der Waals surface area contributed by atoms with E-state index in [2.05, 4.69) is 41.4 Å². The Morgan fingerprint density at radius 2 is 1.78 bits per heavy atom. The lowest BCUT2D eigenvalue weighted by atomic mass is 9.67. The predicted octanol–water partition coefficient (Wildman–Crippen LogP) is 3.30. The summed E-state index contributed by atoms with van der Waals surface area (Å²) in [5, 5.41) is 3.43. The van der Waals surface area contributed by atoms with Crippen LogP contribution in [0.25, 0.3) is 0 Å². The third-order valence-corrected chi connectivity index (χ3v) is 6.77. The molecule has 0 saturated heterocycles. The molecule has 0 spiro atoms. The van der Waals surface area contributed by atoms with Crippen molar-refractivity contribution >= 4 is 30.7 Å². The largest absolute Gasteiger partial charge is 0.351 e. The van der Waals surface area contributed by atoms with Crippen LogP contribution in [0.1, 0.15) is 50.2 Å². The summed E-state index contributed by atoms with van der Waals surface area (Å²) in [6, 6.07) is 9.23. The normalized spacial score (nSPS) is 30.9. The first-order valence-electron chi connectivity index (χ1n) is 9.98. The molecule has 27 heavy (non-hydrogen) atoms. The molecule has 4 rings (SSSR count). The first-order valence-corrected chi connectivity index (χ1v) is 9.98. The van der Waals surface area contributed by atoms with E-state index in [9.17, 15) is 4.79 Å². The zero-order chi connectivity index (χ0) is 17.4. The molecule has 0 radical (unpaired) electrons. The Bertz CT molecular complexity index is 628. The van der Waals surface area contributed by atoms with Gasteiger partial charge in [0.05, 0.1) is 6.04 Å². The first kappa shape index (κ1) is 22.5. The van der Waals surface area contributed by atoms with Gasteiger partial charge in [0.2, 0.25) is 5.91 Å². The minimum atomic E-state index is -0.0651. The number of nitrogens with two attached hydrogens (primary N) is 1. The van der Waals surface area contributed by atoms with Crippen molar-refractivity contribution in [3.63, 3.8) is 0 Å². The number of nitrogens with one attached hydrogen (secondary N) is 1. The van der Waals surface area contributed by atoms with Crippen LogP contribution in [0, 0.1) is 11.8 Å². The molecule has 1 aliphatic heterocycles. The molecule has 1 aromatic rings. The number of amides is 1. The molecule has 3 N–H and O–H groups in total. The van der Waals surface area contributed by atoms with Crippen molar-refractivity contribution in [2.45, 2.75) is 70.1 Å². The number of carbonyl (C=O) groups excluding carboxylic acids is 1. The van der Waals surface area contributed by atoms with Gasteiger partial charge in [-0.3, -0.25) is 9.69 Å². The molecule has 3 atom stereocenters. The molecule has 2 aliphatic carbocycles. The van der Waals surface area contributed by atoms with E-state index in [-0.39, 0.29) is 36.8 Å². The summed E-state index contributed by atoms with van der Waals surface area (Å²) in [5.41, 5.74) is 9.02. The monoisotopic (exact) mass is 413 g/mol. The van der Waals surface area contributed by atoms with Crippen molar-refractivity contribution < 1.29 is 4.79 Å². The van der Waals surface area contributed by atoms with E-state index in [0.29, 0.717) is 23.9 Å². The number of rotatable bonds is 3. The van der Waals surface area contributed by atoms with Gasteiger partial charge in [-0.05, 0) is 62.0 Å². The number of hydrogen-bond donors (Lipinski definition) is 2. The fraction of sp³-hybridized carbons (Fsp3) is 0.667. The van der Waals surface area contributed by atoms with Crippen molar-refractivity contribution in [1.29, 1.82) is 0 Å². The van der Waals surface area contributed by atoms with Gasteiger partial charge in [0.15, 0.2) is 0 Å². The van der Waals surface area contributed by atoms with Crippen molar-refractivity contribution in [3.8, 4) is 0 Å². The van der Waals surface area contributed by atoms with Crippen molar-refractivity contribution in [2.75, 3.05) is 6.54 Å². The average molecular weight is 414 g/mol. The summed E-state index contributed by atoms with van der Waals surface area (Å²) in [4.78, 5) is 15.3. The van der Waals surface area contributed by atoms with Gasteiger partial charge in [-0.1, -0.05) is 30.7 Å². The Hall–Kier alpha value is -0.810. The molecule has 1 heterocycles. The smallest absolute Gasteiger partial charge is 0.237 e. The van der Waals surface area contributed by atoms with Gasteiger partial charge in [-0.15, -0.1) is 24.8 Å². The predicted molar refractivity (Wildman–Crippen MR) is 114 cm³/mol. The summed E-state index contributed by atoms with van der Waals surface area (Å²) >= 11 is 0. The molecule has 2 fully saturated rings. The standard InChI is InChI=1S/C21H31N3O.2ClH/c1-14(24-10-9-15-5-2-3-6-18(15)13-24)21(25)23-20-16-7-4-8-17(20)12-19(22)11-16;;/h2-3,5-6,14,16-17,19-20H,4,7-13,22H2,1H3,(H,23,25);2*1H. The molecule has 3 aliphatic rings. The Labute approximate surface area is 175 Å². The molecule has 4 nitrogen and oxygen atoms in total. The van der Waals surface area contributed by atoms with Gasteiger partial charge in [-0.2, -0.15) is 0 Å². The maximum Gasteiger partial charge on any atom is 0.237 e. The summed E-state index contributed by atoms with van der Waals surface area (Å²) in [6.07, 6.45) is 6.94. The molecule has 1 amide bonds. The molecule has 152 valence electrons. The van der Waals surface area contributed by atoms with Gasteiger partial charge in [0.25, 0.3) is 0 Å². The van der Waals surface area contributed by atoms with Gasteiger partial charge >= 0.3 is 0 Å². The molecule has 2 saturated carbocycles. The van der Waals surface area contributed by atoms with E-state index in [1.807, 2.05) is 0 Å². The molecular weight excluding hydrogens is 381 g/mol. The number of benzene rings is 1. The van der Waals surface area contributed by atoms with Crippen molar-refractivity contribution in [3.05, 3.63) is 35.4 Å². The van der Waals surface area contributed by atoms with Crippen LogP contribution in [0.3, 0.4) is 0 Å². The average Bonchev–Trinajstić information content (AvgIpc) is 2.61. The topological polar surface area (TPSA) is 58.4 Å². The van der Waals surface area contributed by atoms with Gasteiger partial charge < -0.3 is 11.1 Å². The van der Waals surface area contributed by atoms with Gasteiger partial charge in [0, 0.05) is 25.2 Å². The number of nitrogens with zero attached hydrogens (tertiary/aromatic N) is 1. The molecule has 3 unspecified atom stereocenters. The molecule has 6 heteroatoms. The molecule has 1 aromatic carbocycles. The van der Waals surface area contributed by atoms with E-state index in [1.54, 1.807) is 0 Å². The summed E-state index contributed by atoms with van der Waals surface area (Å²) in [5.74, 6) is 1.37. The zero-order valence-electron chi connectivity index (χ0n) is 16.1. The maximum absolute atomic E-state index is 13.0. The highest BCUT2D eigenvalue weighted by Crippen LogP contribution is 2.39. The third kappa shape index (κ3) is 4.79. The lowest BCUT2D eigenvalue weighted by Gasteiger charge is -2.46. The Morgan fingerprint density at radius 1 is 1.15 bits per heavy atom. The van der Waals surface area contributed by atoms with E-state index in [1.165, 1.54) is 30.4 Å². The van der Waals surface area contributed by atoms with E-state index in [4.69, 9.17) is 5.73 Å². The second-order valence-electron chi connectivity index (χ2n) is 8.38. The quantitative estimate of drug-likeness (QED) is 0.798. The van der Waals surface area contributed by atoms with Gasteiger partial charge in [-0.25, -0.2) is 0 Å². The fourth-order valence-electron chi connectivity index (χ4n) is 5.32. The lowest BCUT2D eigenvalue weighted by molar-refractivity contribution is -0.128. The Balaban J connectivity index is 0.00000131. The number of carbonyl (C=O) groups is 1. The summed E-state index contributed by atoms with van der Waals surface area (Å²) in [7, 11) is 0. The van der Waals surface area contributed by atoms with Crippen LogP contribution in [-0.4, -0.2) is 35.5 Å². The first-order chi connectivity index (χ1) is 12.1. The Morgan fingerprint density at radius 3 is 2.44 bits per heavy atom. The van der Waals surface area contributed by atoms with Crippen molar-refractivity contribution in [2.24, 2.45) is 17.6 Å². The van der Waals surface area contributed by atoms with Crippen LogP contribution in [0.2, 0.25) is 0 Å². The van der Waals surface area contributed by atoms with Crippen LogP contribution >= 0.6 is 24.8 Å². The van der Waals surface area contributed by atoms with E-state index >= 15 is 0 Å². The second-order valence-corrected chi connectivity index (χ2v) is 8.38. The van der Waals surface area contributed by atoms with E-state index < -0.39 is 0 Å². The fourth-order valence-corrected chi connectivity index (χ4v) is 5.32. The minimum Gasteiger partial charge on any atom is -0.351 e. The Kier molecular flexibility index (Phi) is 7.99. The number of halogens is 2. The highest BCUT2D eigenvalue weighted by molar-refractivity contribution is 5.85. The zero-order valence-corrected chi connectivity index (χ0v) is 17.7. The summed E-state index contributed by atoms with van der Waals surface area (Å²) < 4.78 is 0. The number of fused-ring (bicyclic) bond motifs is 3. The van der Waals surface area contributed by atoms with Crippen LogP contribution in [0.5, 0.6) is 0 Å². The highest BCUT2D eigenvalue weighted by atomic mass is 35.5. The van der Waals surface area contributed by atoms with Crippen LogP contribution < -0.4 is 11.1 Å². The highest BCUT2D eigenvalue weighted by Gasteiger charge is 2.40. The number of hydrogen-bond acceptors (Lipinski definition) is 3. The third-order valence-electron chi connectivity index (χ3n) is 6.77. The lowest BCUT2D eigenvalue weighted by Crippen LogP contribution is -2.57. The second kappa shape index (κ2) is 9.60. The van der Waals surface area contributed by atoms with Crippen LogP contribution in [-0.2, 0) is 17.8 Å². The SMILES string of the molecule is CC(C(=O)NC1C2CCCC1CC(N)C2)N1CCc2ccccc2C1.Cl.Cl. The van der Waals surface area contributed by atoms with Gasteiger partial charge in [0.1, 0.15) is 0 Å². The summed E-state index contributed by atoms with van der Waals surface area (Å²) in [6.45, 7) is 3.91. The molecule has 0 aromatic heterocycles. The maximum atomic E-state index is 13.0. The van der Waals surface area contributed by atoms with E-state index in [0.717, 1.165) is 32.4 Å². The minimum absolute atomic E-state index is 0. The molecular formula is C21H33Cl2N3O.